The molecule has 246 valence electrons. The molecule has 3 atom stereocenters. The van der Waals surface area contributed by atoms with Crippen molar-refractivity contribution in [3.05, 3.63) is 46.1 Å². The quantitative estimate of drug-likeness (QED) is 0.260. The number of hydrogen-bond acceptors (Lipinski definition) is 8. The zero-order valence-corrected chi connectivity index (χ0v) is 27.0. The first-order valence-corrected chi connectivity index (χ1v) is 17.1. The Kier molecular flexibility index (Phi) is 7.88. The van der Waals surface area contributed by atoms with Crippen molar-refractivity contribution in [2.45, 2.75) is 81.3 Å². The Bertz CT molecular complexity index is 1650. The average Bonchev–Trinajstić information content (AvgIpc) is 3.66. The van der Waals surface area contributed by atoms with E-state index < -0.39 is 23.7 Å². The van der Waals surface area contributed by atoms with Crippen LogP contribution in [0.3, 0.4) is 0 Å². The zero-order chi connectivity index (χ0) is 31.6. The second-order valence-corrected chi connectivity index (χ2v) is 14.5. The Labute approximate surface area is 272 Å². The fourth-order valence-electron chi connectivity index (χ4n) is 9.01. The highest BCUT2D eigenvalue weighted by atomic mass is 35.5. The number of rotatable bonds is 9. The Morgan fingerprint density at radius 2 is 1.87 bits per heavy atom. The Morgan fingerprint density at radius 3 is 2.57 bits per heavy atom. The molecule has 2 saturated carbocycles. The monoisotopic (exact) mass is 654 g/mol. The van der Waals surface area contributed by atoms with E-state index in [-0.39, 0.29) is 46.1 Å². The van der Waals surface area contributed by atoms with Gasteiger partial charge in [0.15, 0.2) is 12.6 Å². The second-order valence-electron chi connectivity index (χ2n) is 14.1. The Balaban J connectivity index is 1.28. The smallest absolute Gasteiger partial charge is 0.317 e. The molecule has 8 rings (SSSR count). The lowest BCUT2D eigenvalue weighted by molar-refractivity contribution is -0.0770. The minimum atomic E-state index is -0.795. The van der Waals surface area contributed by atoms with Crippen molar-refractivity contribution < 1.29 is 28.1 Å². The van der Waals surface area contributed by atoms with E-state index in [0.717, 1.165) is 77.5 Å². The van der Waals surface area contributed by atoms with Gasteiger partial charge in [0.2, 0.25) is 0 Å². The van der Waals surface area contributed by atoms with Gasteiger partial charge in [-0.25, -0.2) is 8.78 Å². The van der Waals surface area contributed by atoms with Gasteiger partial charge in [0.1, 0.15) is 23.7 Å². The number of benzene rings is 2. The van der Waals surface area contributed by atoms with Gasteiger partial charge in [0.25, 0.3) is 0 Å². The number of aliphatic hydroxyl groups excluding tert-OH is 1. The van der Waals surface area contributed by atoms with Crippen molar-refractivity contribution in [2.75, 3.05) is 46.7 Å². The van der Waals surface area contributed by atoms with Gasteiger partial charge in [-0.1, -0.05) is 11.6 Å². The number of piperidine rings is 1. The first-order chi connectivity index (χ1) is 22.3. The number of nitrogens with one attached hydrogen (secondary N) is 1. The molecular weight excluding hydrogens is 614 g/mol. The molecule has 4 heterocycles. The molecule has 2 aliphatic carbocycles. The number of fused-ring (bicyclic) bond motifs is 2. The van der Waals surface area contributed by atoms with Crippen LogP contribution in [0.5, 0.6) is 11.8 Å². The summed E-state index contributed by atoms with van der Waals surface area (Å²) in [6.45, 7) is 4.11. The minimum absolute atomic E-state index is 0.0114. The van der Waals surface area contributed by atoms with E-state index in [1.54, 1.807) is 12.1 Å². The fraction of sp³-hybridized carbons (Fsp3) is 0.600. The molecule has 8 nitrogen and oxygen atoms in total. The summed E-state index contributed by atoms with van der Waals surface area (Å²) in [4.78, 5) is 12.0. The van der Waals surface area contributed by atoms with Crippen molar-refractivity contribution in [3.63, 3.8) is 0 Å². The largest absolute Gasteiger partial charge is 0.467 e. The van der Waals surface area contributed by atoms with Crippen LogP contribution in [-0.4, -0.2) is 78.3 Å². The van der Waals surface area contributed by atoms with Crippen molar-refractivity contribution in [1.29, 1.82) is 0 Å². The van der Waals surface area contributed by atoms with Crippen LogP contribution in [0.4, 0.5) is 8.78 Å². The number of halogens is 3. The summed E-state index contributed by atoms with van der Waals surface area (Å²) in [6, 6.07) is 4.72. The molecule has 3 saturated heterocycles. The third-order valence-corrected chi connectivity index (χ3v) is 11.6. The lowest BCUT2D eigenvalue weighted by Crippen LogP contribution is -2.57. The van der Waals surface area contributed by atoms with Crippen LogP contribution in [0.1, 0.15) is 80.9 Å². The molecule has 5 aliphatic rings. The van der Waals surface area contributed by atoms with Crippen molar-refractivity contribution in [3.8, 4) is 22.9 Å². The number of hydrogen-bond donors (Lipinski definition) is 2. The van der Waals surface area contributed by atoms with E-state index in [9.17, 15) is 5.11 Å². The van der Waals surface area contributed by atoms with E-state index in [2.05, 4.69) is 15.2 Å². The van der Waals surface area contributed by atoms with Gasteiger partial charge in [-0.05, 0) is 118 Å². The summed E-state index contributed by atoms with van der Waals surface area (Å²) >= 11 is 6.74. The molecule has 3 aliphatic heterocycles. The molecule has 5 fully saturated rings. The lowest BCUT2D eigenvalue weighted by Gasteiger charge is -2.55. The maximum absolute atomic E-state index is 17.0. The molecule has 1 spiro atoms. The molecule has 2 aromatic carbocycles. The zero-order valence-electron chi connectivity index (χ0n) is 26.2. The standard InChI is InChI=1S/C35H41ClF2N4O4/c1-44-19-46-21-13-22(27(20-5-6-20)24(36)14-21)28-25(37)15-23-31(29-26(43)16-34(29)7-2-10-39-17-34)40-33(41-32(23)30(28)38)45-18-35-8-3-11-42(35)12-4-9-35/h13-15,20,26,29,39,43H,2-12,16-19H2,1H3. The number of nitrogens with zero attached hydrogens (tertiary/aromatic N) is 3. The minimum Gasteiger partial charge on any atom is -0.467 e. The average molecular weight is 655 g/mol. The number of methoxy groups -OCH3 is 1. The molecule has 0 radical (unpaired) electrons. The summed E-state index contributed by atoms with van der Waals surface area (Å²) in [7, 11) is 1.50. The van der Waals surface area contributed by atoms with Crippen LogP contribution in [0, 0.1) is 17.0 Å². The Morgan fingerprint density at radius 1 is 1.07 bits per heavy atom. The van der Waals surface area contributed by atoms with Gasteiger partial charge in [-0.2, -0.15) is 9.97 Å². The number of aliphatic hydroxyl groups is 1. The number of aromatic nitrogens is 2. The van der Waals surface area contributed by atoms with E-state index in [4.69, 9.17) is 30.8 Å². The van der Waals surface area contributed by atoms with Gasteiger partial charge in [-0.3, -0.25) is 4.90 Å². The van der Waals surface area contributed by atoms with Crippen LogP contribution in [-0.2, 0) is 4.74 Å². The first-order valence-electron chi connectivity index (χ1n) is 16.7. The molecule has 0 amide bonds. The van der Waals surface area contributed by atoms with E-state index in [1.165, 1.54) is 13.2 Å². The summed E-state index contributed by atoms with van der Waals surface area (Å²) in [5.41, 5.74) is 0.997. The molecule has 11 heteroatoms. The molecular formula is C35H41ClF2N4O4. The molecule has 3 unspecified atom stereocenters. The molecule has 2 N–H and O–H groups in total. The molecule has 0 bridgehead atoms. The maximum Gasteiger partial charge on any atom is 0.317 e. The van der Waals surface area contributed by atoms with E-state index >= 15 is 8.78 Å². The van der Waals surface area contributed by atoms with Gasteiger partial charge >= 0.3 is 6.01 Å². The predicted octanol–water partition coefficient (Wildman–Crippen LogP) is 6.31. The molecule has 46 heavy (non-hydrogen) atoms. The van der Waals surface area contributed by atoms with Crippen LogP contribution < -0.4 is 14.8 Å². The maximum atomic E-state index is 17.0. The van der Waals surface area contributed by atoms with E-state index in [1.807, 2.05) is 0 Å². The van der Waals surface area contributed by atoms with Crippen molar-refractivity contribution >= 4 is 22.5 Å². The van der Waals surface area contributed by atoms with Crippen molar-refractivity contribution in [2.24, 2.45) is 5.41 Å². The highest BCUT2D eigenvalue weighted by molar-refractivity contribution is 6.32. The van der Waals surface area contributed by atoms with Crippen LogP contribution in [0.2, 0.25) is 5.02 Å². The highest BCUT2D eigenvalue weighted by Gasteiger charge is 2.55. The third-order valence-electron chi connectivity index (χ3n) is 11.3. The van der Waals surface area contributed by atoms with Crippen molar-refractivity contribution in [1.82, 2.24) is 20.2 Å². The van der Waals surface area contributed by atoms with Gasteiger partial charge in [0, 0.05) is 30.0 Å². The number of ether oxygens (including phenoxy) is 3. The Hall–Kier alpha value is -2.63. The lowest BCUT2D eigenvalue weighted by atomic mass is 9.53. The van der Waals surface area contributed by atoms with Crippen LogP contribution in [0.25, 0.3) is 22.0 Å². The summed E-state index contributed by atoms with van der Waals surface area (Å²) in [6.07, 6.45) is 7.91. The molecule has 3 aromatic rings. The fourth-order valence-corrected chi connectivity index (χ4v) is 9.38. The summed E-state index contributed by atoms with van der Waals surface area (Å²) in [5.74, 6) is -1.46. The molecule has 1 aromatic heterocycles. The summed E-state index contributed by atoms with van der Waals surface area (Å²) < 4.78 is 50.6. The van der Waals surface area contributed by atoms with Crippen LogP contribution >= 0.6 is 11.6 Å². The third kappa shape index (κ3) is 5.07. The topological polar surface area (TPSA) is 89.0 Å². The highest BCUT2D eigenvalue weighted by Crippen LogP contribution is 2.58. The second kappa shape index (κ2) is 11.8. The first kappa shape index (κ1) is 30.7. The van der Waals surface area contributed by atoms with Gasteiger partial charge in [-0.15, -0.1) is 0 Å². The predicted molar refractivity (Wildman–Crippen MR) is 171 cm³/mol. The summed E-state index contributed by atoms with van der Waals surface area (Å²) in [5, 5.41) is 15.3. The normalized spacial score (nSPS) is 27.2. The van der Waals surface area contributed by atoms with Gasteiger partial charge < -0.3 is 24.6 Å². The van der Waals surface area contributed by atoms with Gasteiger partial charge in [0.05, 0.1) is 22.9 Å². The van der Waals surface area contributed by atoms with E-state index in [0.29, 0.717) is 40.6 Å². The van der Waals surface area contributed by atoms with Crippen LogP contribution in [0.15, 0.2) is 18.2 Å². The SMILES string of the molecule is COCOc1cc(Cl)c(C2CC2)c(-c2c(F)cc3c(C4C(O)CC45CCCNC5)nc(OCC45CCCN4CCC5)nc3c2F)c1.